The van der Waals surface area contributed by atoms with Crippen LogP contribution in [0.2, 0.25) is 0 Å². The molecular weight excluding hydrogens is 381 g/mol. The molecule has 0 aliphatic rings. The fourth-order valence-corrected chi connectivity index (χ4v) is 4.68. The summed E-state index contributed by atoms with van der Waals surface area (Å²) in [6.07, 6.45) is 1.88. The van der Waals surface area contributed by atoms with Crippen LogP contribution < -0.4 is 10.0 Å². The van der Waals surface area contributed by atoms with E-state index in [0.717, 1.165) is 5.56 Å². The van der Waals surface area contributed by atoms with Crippen molar-refractivity contribution in [2.45, 2.75) is 51.5 Å². The summed E-state index contributed by atoms with van der Waals surface area (Å²) in [7, 11) is -3.85. The summed E-state index contributed by atoms with van der Waals surface area (Å²) in [5.41, 5.74) is 1.09. The smallest absolute Gasteiger partial charge is 0.246 e. The number of aryl methyl sites for hydroxylation is 2. The van der Waals surface area contributed by atoms with E-state index in [1.807, 2.05) is 13.8 Å². The van der Waals surface area contributed by atoms with Crippen molar-refractivity contribution in [3.8, 4) is 0 Å². The van der Waals surface area contributed by atoms with Gasteiger partial charge in [-0.15, -0.1) is 0 Å². The summed E-state index contributed by atoms with van der Waals surface area (Å²) < 4.78 is 44.2. The monoisotopic (exact) mass is 405 g/mol. The lowest BCUT2D eigenvalue weighted by molar-refractivity contribution is 0.491. The lowest BCUT2D eigenvalue weighted by atomic mass is 10.1. The van der Waals surface area contributed by atoms with E-state index in [1.54, 1.807) is 39.0 Å². The van der Waals surface area contributed by atoms with E-state index in [9.17, 15) is 12.8 Å². The molecule has 0 bridgehead atoms. The second kappa shape index (κ2) is 7.14. The van der Waals surface area contributed by atoms with Gasteiger partial charge in [-0.2, -0.15) is 9.61 Å². The highest BCUT2D eigenvalue weighted by molar-refractivity contribution is 7.89. The minimum absolute atomic E-state index is 0.0401. The second-order valence-electron chi connectivity index (χ2n) is 7.66. The minimum atomic E-state index is -3.85. The van der Waals surface area contributed by atoms with Crippen LogP contribution >= 0.6 is 0 Å². The normalized spacial score (nSPS) is 12.5. The molecule has 0 fully saturated rings. The van der Waals surface area contributed by atoms with Gasteiger partial charge in [0.1, 0.15) is 16.5 Å². The van der Waals surface area contributed by atoms with Gasteiger partial charge >= 0.3 is 0 Å². The molecule has 0 radical (unpaired) electrons. The summed E-state index contributed by atoms with van der Waals surface area (Å²) in [6.45, 7) is 8.98. The van der Waals surface area contributed by atoms with Crippen LogP contribution in [0, 0.1) is 12.7 Å². The maximum Gasteiger partial charge on any atom is 0.246 e. The number of fused-ring (bicyclic) bond motifs is 1. The number of sulfonamides is 1. The van der Waals surface area contributed by atoms with Gasteiger partial charge in [0, 0.05) is 11.7 Å². The topological polar surface area (TPSA) is 88.4 Å². The molecule has 0 spiro atoms. The Hall–Kier alpha value is -2.52. The molecule has 0 atom stereocenters. The lowest BCUT2D eigenvalue weighted by Crippen LogP contribution is -2.40. The zero-order valence-electron chi connectivity index (χ0n) is 16.5. The van der Waals surface area contributed by atoms with Crippen LogP contribution in [0.4, 0.5) is 15.9 Å². The van der Waals surface area contributed by atoms with Crippen molar-refractivity contribution in [2.75, 3.05) is 5.32 Å². The summed E-state index contributed by atoms with van der Waals surface area (Å²) >= 11 is 0. The Bertz CT molecular complexity index is 1130. The van der Waals surface area contributed by atoms with E-state index in [1.165, 1.54) is 16.8 Å². The first kappa shape index (κ1) is 20.2. The van der Waals surface area contributed by atoms with Gasteiger partial charge in [0.15, 0.2) is 5.65 Å². The third-order valence-corrected chi connectivity index (χ3v) is 5.81. The Morgan fingerprint density at radius 1 is 1.21 bits per heavy atom. The Morgan fingerprint density at radius 2 is 1.93 bits per heavy atom. The number of anilines is 2. The van der Waals surface area contributed by atoms with Gasteiger partial charge in [0.05, 0.1) is 11.4 Å². The average Bonchev–Trinajstić information content (AvgIpc) is 2.96. The molecule has 3 aromatic rings. The summed E-state index contributed by atoms with van der Waals surface area (Å²) in [5.74, 6) is 0.00193. The Morgan fingerprint density at radius 3 is 2.57 bits per heavy atom. The highest BCUT2D eigenvalue weighted by Crippen LogP contribution is 2.27. The number of nitrogens with zero attached hydrogens (tertiary/aromatic N) is 3. The summed E-state index contributed by atoms with van der Waals surface area (Å²) in [4.78, 5) is 4.28. The molecule has 2 heterocycles. The fourth-order valence-electron chi connectivity index (χ4n) is 2.90. The van der Waals surface area contributed by atoms with Crippen LogP contribution in [-0.2, 0) is 16.4 Å². The molecule has 7 nitrogen and oxygen atoms in total. The molecule has 2 N–H and O–H groups in total. The van der Waals surface area contributed by atoms with Crippen LogP contribution in [0.25, 0.3) is 5.65 Å². The molecule has 2 aromatic heterocycles. The number of halogens is 1. The van der Waals surface area contributed by atoms with Crippen molar-refractivity contribution in [1.29, 1.82) is 0 Å². The Balaban J connectivity index is 2.17. The van der Waals surface area contributed by atoms with Gasteiger partial charge in [0.25, 0.3) is 0 Å². The van der Waals surface area contributed by atoms with Gasteiger partial charge in [0.2, 0.25) is 10.0 Å². The van der Waals surface area contributed by atoms with E-state index >= 15 is 0 Å². The van der Waals surface area contributed by atoms with Crippen LogP contribution in [0.5, 0.6) is 0 Å². The molecule has 0 saturated carbocycles. The molecule has 0 amide bonds. The van der Waals surface area contributed by atoms with Gasteiger partial charge < -0.3 is 5.32 Å². The first-order valence-electron chi connectivity index (χ1n) is 8.95. The van der Waals surface area contributed by atoms with E-state index in [4.69, 9.17) is 0 Å². The number of aromatic nitrogens is 3. The Labute approximate surface area is 164 Å². The largest absolute Gasteiger partial charge is 0.338 e. The van der Waals surface area contributed by atoms with Crippen LogP contribution in [0.3, 0.4) is 0 Å². The van der Waals surface area contributed by atoms with Gasteiger partial charge in [-0.3, -0.25) is 0 Å². The van der Waals surface area contributed by atoms with Crippen LogP contribution in [0.15, 0.2) is 35.4 Å². The molecule has 0 aliphatic carbocycles. The predicted octanol–water partition coefficient (Wildman–Crippen LogP) is 3.56. The number of benzene rings is 1. The van der Waals surface area contributed by atoms with Crippen molar-refractivity contribution in [3.05, 3.63) is 47.5 Å². The van der Waals surface area contributed by atoms with Crippen molar-refractivity contribution in [2.24, 2.45) is 0 Å². The molecule has 0 unspecified atom stereocenters. The second-order valence-corrected chi connectivity index (χ2v) is 9.28. The zero-order valence-corrected chi connectivity index (χ0v) is 17.4. The summed E-state index contributed by atoms with van der Waals surface area (Å²) in [5, 5.41) is 7.42. The van der Waals surface area contributed by atoms with Gasteiger partial charge in [-0.05, 0) is 57.9 Å². The fraction of sp³-hybridized carbons (Fsp3) is 0.368. The average molecular weight is 405 g/mol. The minimum Gasteiger partial charge on any atom is -0.338 e. The number of nitrogens with one attached hydrogen (secondary N) is 2. The predicted molar refractivity (Wildman–Crippen MR) is 107 cm³/mol. The molecule has 150 valence electrons. The van der Waals surface area contributed by atoms with Crippen molar-refractivity contribution < 1.29 is 12.8 Å². The molecular formula is C19H24FN5O2S. The highest BCUT2D eigenvalue weighted by Gasteiger charge is 2.30. The SMILES string of the molecule is CCc1nn2c(Nc3cc(C)ccc3F)ccnc2c1S(=O)(=O)NC(C)(C)C. The first-order valence-corrected chi connectivity index (χ1v) is 10.4. The maximum absolute atomic E-state index is 14.2. The molecule has 28 heavy (non-hydrogen) atoms. The third-order valence-electron chi connectivity index (χ3n) is 3.97. The number of hydrogen-bond donors (Lipinski definition) is 2. The van der Waals surface area contributed by atoms with Gasteiger partial charge in [-0.25, -0.2) is 22.5 Å². The molecule has 0 aliphatic heterocycles. The van der Waals surface area contributed by atoms with E-state index in [0.29, 0.717) is 17.9 Å². The lowest BCUT2D eigenvalue weighted by Gasteiger charge is -2.20. The molecule has 3 rings (SSSR count). The summed E-state index contributed by atoms with van der Waals surface area (Å²) in [6, 6.07) is 6.34. The standard InChI is InChI=1S/C19H24FN5O2S/c1-6-14-17(28(26,27)24-19(3,4)5)18-21-10-9-16(25(18)23-14)22-15-11-12(2)7-8-13(15)20/h7-11,22,24H,6H2,1-5H3. The first-order chi connectivity index (χ1) is 13.0. The van der Waals surface area contributed by atoms with Crippen molar-refractivity contribution >= 4 is 27.2 Å². The van der Waals surface area contributed by atoms with E-state index in [-0.39, 0.29) is 16.2 Å². The van der Waals surface area contributed by atoms with Crippen LogP contribution in [-0.4, -0.2) is 28.6 Å². The number of rotatable bonds is 5. The maximum atomic E-state index is 14.2. The van der Waals surface area contributed by atoms with E-state index < -0.39 is 21.4 Å². The zero-order chi connectivity index (χ0) is 20.7. The highest BCUT2D eigenvalue weighted by atomic mass is 32.2. The third kappa shape index (κ3) is 4.00. The Kier molecular flexibility index (Phi) is 5.16. The van der Waals surface area contributed by atoms with Crippen molar-refractivity contribution in [3.63, 3.8) is 0 Å². The van der Waals surface area contributed by atoms with Crippen molar-refractivity contribution in [1.82, 2.24) is 19.3 Å². The molecule has 0 saturated heterocycles. The molecule has 1 aromatic carbocycles. The van der Waals surface area contributed by atoms with Gasteiger partial charge in [-0.1, -0.05) is 13.0 Å². The van der Waals surface area contributed by atoms with E-state index in [2.05, 4.69) is 20.1 Å². The quantitative estimate of drug-likeness (QED) is 0.678. The molecule has 9 heteroatoms. The number of hydrogen-bond acceptors (Lipinski definition) is 5. The van der Waals surface area contributed by atoms with Crippen LogP contribution in [0.1, 0.15) is 39.0 Å².